The van der Waals surface area contributed by atoms with Crippen LogP contribution in [0.1, 0.15) is 41.6 Å². The first kappa shape index (κ1) is 18.5. The van der Waals surface area contributed by atoms with Gasteiger partial charge in [0.05, 0.1) is 11.3 Å². The summed E-state index contributed by atoms with van der Waals surface area (Å²) in [7, 11) is 0. The minimum Gasteiger partial charge on any atom is -0.333 e. The molecule has 0 radical (unpaired) electrons. The molecule has 2 aromatic rings. The Kier molecular flexibility index (Phi) is 5.29. The van der Waals surface area contributed by atoms with Crippen LogP contribution in [0.2, 0.25) is 0 Å². The molecule has 0 aliphatic carbocycles. The number of carbonyl (C=O) groups excluding carboxylic acids is 2. The fourth-order valence-electron chi connectivity index (χ4n) is 4.84. The second-order valence-electron chi connectivity index (χ2n) is 7.86. The lowest BCUT2D eigenvalue weighted by molar-refractivity contribution is -0.111. The number of nitrogens with one attached hydrogen (secondary N) is 1. The summed E-state index contributed by atoms with van der Waals surface area (Å²) < 4.78 is 0. The average molecular weight is 374 g/mol. The number of fused-ring (bicyclic) bond motifs is 2. The van der Waals surface area contributed by atoms with Gasteiger partial charge in [-0.3, -0.25) is 9.59 Å². The van der Waals surface area contributed by atoms with E-state index in [1.807, 2.05) is 12.1 Å². The van der Waals surface area contributed by atoms with Gasteiger partial charge < -0.3 is 10.2 Å². The zero-order chi connectivity index (χ0) is 19.5. The molecule has 4 heteroatoms. The van der Waals surface area contributed by atoms with Gasteiger partial charge in [-0.05, 0) is 61.8 Å². The summed E-state index contributed by atoms with van der Waals surface area (Å²) >= 11 is 0. The van der Waals surface area contributed by atoms with E-state index in [2.05, 4.69) is 47.1 Å². The van der Waals surface area contributed by atoms with E-state index in [0.29, 0.717) is 29.3 Å². The van der Waals surface area contributed by atoms with Gasteiger partial charge >= 0.3 is 0 Å². The van der Waals surface area contributed by atoms with Gasteiger partial charge in [0.25, 0.3) is 5.91 Å². The van der Waals surface area contributed by atoms with E-state index in [9.17, 15) is 9.59 Å². The quantitative estimate of drug-likeness (QED) is 0.787. The number of piperidine rings is 1. The first-order valence-electron chi connectivity index (χ1n) is 10.0. The summed E-state index contributed by atoms with van der Waals surface area (Å²) in [4.78, 5) is 27.2. The zero-order valence-corrected chi connectivity index (χ0v) is 16.0. The highest BCUT2D eigenvalue weighted by molar-refractivity contribution is 6.06. The van der Waals surface area contributed by atoms with Gasteiger partial charge in [-0.25, -0.2) is 0 Å². The van der Waals surface area contributed by atoms with Crippen molar-refractivity contribution in [3.05, 3.63) is 78.4 Å². The smallest absolute Gasteiger partial charge is 0.256 e. The molecule has 2 bridgehead atoms. The Hall–Kier alpha value is -2.88. The van der Waals surface area contributed by atoms with Crippen LogP contribution >= 0.6 is 0 Å². The fourth-order valence-corrected chi connectivity index (χ4v) is 4.84. The molecule has 4 rings (SSSR count). The predicted molar refractivity (Wildman–Crippen MR) is 111 cm³/mol. The Morgan fingerprint density at radius 2 is 1.64 bits per heavy atom. The van der Waals surface area contributed by atoms with E-state index in [1.54, 1.807) is 12.1 Å². The molecule has 144 valence electrons. The van der Waals surface area contributed by atoms with Crippen molar-refractivity contribution in [2.75, 3.05) is 5.32 Å². The molecule has 0 saturated carbocycles. The molecule has 2 atom stereocenters. The van der Waals surface area contributed by atoms with Crippen LogP contribution in [0.3, 0.4) is 0 Å². The lowest BCUT2D eigenvalue weighted by Crippen LogP contribution is -2.47. The third kappa shape index (κ3) is 3.72. The molecule has 28 heavy (non-hydrogen) atoms. The number of rotatable bonds is 5. The fraction of sp³-hybridized carbons (Fsp3) is 0.333. The maximum Gasteiger partial charge on any atom is 0.256 e. The molecule has 2 heterocycles. The normalized spacial score (nSPS) is 23.3. The molecule has 2 aliphatic rings. The summed E-state index contributed by atoms with van der Waals surface area (Å²) in [6, 6.07) is 18.5. The summed E-state index contributed by atoms with van der Waals surface area (Å²) in [5.41, 5.74) is 2.50. The van der Waals surface area contributed by atoms with Crippen LogP contribution in [0.5, 0.6) is 0 Å². The number of carbonyl (C=O) groups is 2. The van der Waals surface area contributed by atoms with Crippen LogP contribution in [0, 0.1) is 5.92 Å². The molecule has 2 unspecified atom stereocenters. The van der Waals surface area contributed by atoms with Gasteiger partial charge in [0.1, 0.15) is 0 Å². The standard InChI is InChI=1S/C24H26N2O2/c1-2-23(27)25-22-11-7-6-10-21(22)24(28)26-19-12-13-20(26)16-18(15-19)14-17-8-4-3-5-9-17/h2-11,18-20H,1,12-16H2,(H,25,27). The minimum absolute atomic E-state index is 0.0330. The first-order chi connectivity index (χ1) is 13.7. The molecule has 2 amide bonds. The van der Waals surface area contributed by atoms with E-state index in [0.717, 1.165) is 32.1 Å². The molecule has 2 aliphatic heterocycles. The van der Waals surface area contributed by atoms with Crippen LogP contribution in [-0.2, 0) is 11.2 Å². The maximum absolute atomic E-state index is 13.4. The number of benzene rings is 2. The zero-order valence-electron chi connectivity index (χ0n) is 16.0. The van der Waals surface area contributed by atoms with E-state index < -0.39 is 0 Å². The number of hydrogen-bond acceptors (Lipinski definition) is 2. The SMILES string of the molecule is C=CC(=O)Nc1ccccc1C(=O)N1C2CCC1CC(Cc1ccccc1)C2. The lowest BCUT2D eigenvalue weighted by atomic mass is 9.85. The van der Waals surface area contributed by atoms with Crippen molar-refractivity contribution >= 4 is 17.5 Å². The van der Waals surface area contributed by atoms with Gasteiger partial charge in [-0.2, -0.15) is 0 Å². The van der Waals surface area contributed by atoms with Crippen molar-refractivity contribution in [3.8, 4) is 0 Å². The molecule has 4 nitrogen and oxygen atoms in total. The van der Waals surface area contributed by atoms with Crippen LogP contribution < -0.4 is 5.32 Å². The third-order valence-electron chi connectivity index (χ3n) is 6.03. The van der Waals surface area contributed by atoms with Crippen molar-refractivity contribution in [3.63, 3.8) is 0 Å². The lowest BCUT2D eigenvalue weighted by Gasteiger charge is -2.39. The van der Waals surface area contributed by atoms with E-state index >= 15 is 0 Å². The van der Waals surface area contributed by atoms with Crippen LogP contribution in [0.25, 0.3) is 0 Å². The number of para-hydroxylation sites is 1. The second-order valence-corrected chi connectivity index (χ2v) is 7.86. The molecule has 2 fully saturated rings. The third-order valence-corrected chi connectivity index (χ3v) is 6.03. The van der Waals surface area contributed by atoms with Crippen molar-refractivity contribution in [2.24, 2.45) is 5.92 Å². The van der Waals surface area contributed by atoms with Crippen LogP contribution in [-0.4, -0.2) is 28.8 Å². The van der Waals surface area contributed by atoms with Gasteiger partial charge in [-0.1, -0.05) is 49.0 Å². The number of nitrogens with zero attached hydrogens (tertiary/aromatic N) is 1. The highest BCUT2D eigenvalue weighted by Crippen LogP contribution is 2.41. The molecular formula is C24H26N2O2. The molecule has 2 aromatic carbocycles. The predicted octanol–water partition coefficient (Wildman–Crippen LogP) is 4.44. The van der Waals surface area contributed by atoms with E-state index in [-0.39, 0.29) is 11.8 Å². The number of anilines is 1. The van der Waals surface area contributed by atoms with Crippen molar-refractivity contribution in [2.45, 2.75) is 44.2 Å². The first-order valence-corrected chi connectivity index (χ1v) is 10.0. The Morgan fingerprint density at radius 3 is 2.32 bits per heavy atom. The summed E-state index contributed by atoms with van der Waals surface area (Å²) in [6.07, 6.45) is 6.56. The molecular weight excluding hydrogens is 348 g/mol. The van der Waals surface area contributed by atoms with Gasteiger partial charge in [0, 0.05) is 12.1 Å². The monoisotopic (exact) mass is 374 g/mol. The summed E-state index contributed by atoms with van der Waals surface area (Å²) in [5, 5.41) is 2.77. The van der Waals surface area contributed by atoms with Gasteiger partial charge in [0.2, 0.25) is 5.91 Å². The Morgan fingerprint density at radius 1 is 1.00 bits per heavy atom. The molecule has 1 N–H and O–H groups in total. The van der Waals surface area contributed by atoms with Crippen LogP contribution in [0.15, 0.2) is 67.3 Å². The van der Waals surface area contributed by atoms with Crippen LogP contribution in [0.4, 0.5) is 5.69 Å². The molecule has 2 saturated heterocycles. The highest BCUT2D eigenvalue weighted by Gasteiger charge is 2.43. The Bertz CT molecular complexity index is 863. The van der Waals surface area contributed by atoms with Gasteiger partial charge in [-0.15, -0.1) is 0 Å². The topological polar surface area (TPSA) is 49.4 Å². The maximum atomic E-state index is 13.4. The van der Waals surface area contributed by atoms with Crippen molar-refractivity contribution in [1.82, 2.24) is 4.90 Å². The number of hydrogen-bond donors (Lipinski definition) is 1. The van der Waals surface area contributed by atoms with E-state index in [4.69, 9.17) is 0 Å². The summed E-state index contributed by atoms with van der Waals surface area (Å²) in [5.74, 6) is 0.357. The van der Waals surface area contributed by atoms with Crippen molar-refractivity contribution < 1.29 is 9.59 Å². The second kappa shape index (κ2) is 8.01. The minimum atomic E-state index is -0.301. The molecule has 0 aromatic heterocycles. The highest BCUT2D eigenvalue weighted by atomic mass is 16.2. The van der Waals surface area contributed by atoms with Gasteiger partial charge in [0.15, 0.2) is 0 Å². The van der Waals surface area contributed by atoms with Crippen molar-refractivity contribution in [1.29, 1.82) is 0 Å². The average Bonchev–Trinajstić information content (AvgIpc) is 2.99. The number of amides is 2. The molecule has 0 spiro atoms. The Balaban J connectivity index is 1.50. The largest absolute Gasteiger partial charge is 0.333 e. The Labute approximate surface area is 166 Å². The summed E-state index contributed by atoms with van der Waals surface area (Å²) in [6.45, 7) is 3.49. The van der Waals surface area contributed by atoms with E-state index in [1.165, 1.54) is 11.6 Å².